The highest BCUT2D eigenvalue weighted by Gasteiger charge is 2.13. The van der Waals surface area contributed by atoms with Crippen molar-refractivity contribution in [3.8, 4) is 17.4 Å². The van der Waals surface area contributed by atoms with Gasteiger partial charge in [-0.3, -0.25) is 0 Å². The molecule has 0 bridgehead atoms. The number of rotatable bonds is 3. The molecule has 0 fully saturated rings. The van der Waals surface area contributed by atoms with Crippen molar-refractivity contribution in [2.45, 2.75) is 13.8 Å². The molecule has 1 aromatic heterocycles. The lowest BCUT2D eigenvalue weighted by Crippen LogP contribution is -1.96. The van der Waals surface area contributed by atoms with Gasteiger partial charge < -0.3 is 9.47 Å². The van der Waals surface area contributed by atoms with E-state index in [4.69, 9.17) is 21.1 Å². The van der Waals surface area contributed by atoms with Crippen LogP contribution in [0.25, 0.3) is 0 Å². The lowest BCUT2D eigenvalue weighted by atomic mass is 10.1. The van der Waals surface area contributed by atoms with E-state index < -0.39 is 0 Å². The van der Waals surface area contributed by atoms with E-state index in [2.05, 4.69) is 25.9 Å². The molecular formula is C13H12BrClN2O2. The Balaban J connectivity index is 2.39. The highest BCUT2D eigenvalue weighted by atomic mass is 79.9. The second kappa shape index (κ2) is 5.75. The predicted molar refractivity (Wildman–Crippen MR) is 77.3 cm³/mol. The Kier molecular flexibility index (Phi) is 4.27. The van der Waals surface area contributed by atoms with E-state index in [-0.39, 0.29) is 5.15 Å². The summed E-state index contributed by atoms with van der Waals surface area (Å²) in [5.41, 5.74) is 2.16. The third-order valence-corrected chi connectivity index (χ3v) is 4.08. The van der Waals surface area contributed by atoms with Crippen molar-refractivity contribution in [1.29, 1.82) is 0 Å². The molecule has 0 atom stereocenters. The van der Waals surface area contributed by atoms with Crippen LogP contribution in [-0.2, 0) is 0 Å². The van der Waals surface area contributed by atoms with Crippen molar-refractivity contribution in [2.24, 2.45) is 0 Å². The topological polar surface area (TPSA) is 44.2 Å². The molecule has 0 saturated carbocycles. The van der Waals surface area contributed by atoms with Crippen molar-refractivity contribution >= 4 is 27.5 Å². The molecule has 0 aliphatic rings. The monoisotopic (exact) mass is 342 g/mol. The summed E-state index contributed by atoms with van der Waals surface area (Å²) >= 11 is 9.43. The Hall–Kier alpha value is -1.33. The first kappa shape index (κ1) is 14.1. The van der Waals surface area contributed by atoms with Gasteiger partial charge in [0.25, 0.3) is 5.88 Å². The molecular weight excluding hydrogens is 332 g/mol. The van der Waals surface area contributed by atoms with Crippen molar-refractivity contribution in [3.63, 3.8) is 0 Å². The molecule has 4 nitrogen and oxygen atoms in total. The molecule has 0 aliphatic carbocycles. The summed E-state index contributed by atoms with van der Waals surface area (Å²) in [6, 6.07) is 3.82. The molecule has 19 heavy (non-hydrogen) atoms. The maximum Gasteiger partial charge on any atom is 0.267 e. The molecule has 0 saturated heterocycles. The predicted octanol–water partition coefficient (Wildman–Crippen LogP) is 4.31. The van der Waals surface area contributed by atoms with Crippen molar-refractivity contribution < 1.29 is 9.47 Å². The molecule has 0 N–H and O–H groups in total. The van der Waals surface area contributed by atoms with Gasteiger partial charge >= 0.3 is 0 Å². The molecule has 0 amide bonds. The second-order valence-electron chi connectivity index (χ2n) is 3.98. The van der Waals surface area contributed by atoms with Crippen LogP contribution >= 0.6 is 27.5 Å². The van der Waals surface area contributed by atoms with E-state index in [0.29, 0.717) is 17.4 Å². The summed E-state index contributed by atoms with van der Waals surface area (Å²) in [6.45, 7) is 3.99. The molecule has 0 radical (unpaired) electrons. The molecule has 0 aliphatic heterocycles. The van der Waals surface area contributed by atoms with Crippen LogP contribution in [-0.4, -0.2) is 17.1 Å². The number of ether oxygens (including phenoxy) is 2. The van der Waals surface area contributed by atoms with Crippen LogP contribution in [0.4, 0.5) is 0 Å². The summed E-state index contributed by atoms with van der Waals surface area (Å²) < 4.78 is 11.9. The standard InChI is InChI=1S/C13H12BrClN2O2/c1-7-4-9(5-8(2)10(7)14)19-13-11(18-3)12(15)16-6-17-13/h4-6H,1-3H3. The molecule has 2 aromatic rings. The smallest absolute Gasteiger partial charge is 0.267 e. The maximum atomic E-state index is 5.92. The third-order valence-electron chi connectivity index (χ3n) is 2.56. The van der Waals surface area contributed by atoms with E-state index >= 15 is 0 Å². The highest BCUT2D eigenvalue weighted by molar-refractivity contribution is 9.10. The number of halogens is 2. The summed E-state index contributed by atoms with van der Waals surface area (Å²) in [4.78, 5) is 7.88. The van der Waals surface area contributed by atoms with Crippen molar-refractivity contribution in [3.05, 3.63) is 39.2 Å². The van der Waals surface area contributed by atoms with E-state index in [1.54, 1.807) is 0 Å². The van der Waals surface area contributed by atoms with Crippen LogP contribution in [0, 0.1) is 13.8 Å². The Bertz CT molecular complexity index is 597. The minimum atomic E-state index is 0.220. The first-order chi connectivity index (χ1) is 9.02. The molecule has 0 unspecified atom stereocenters. The van der Waals surface area contributed by atoms with Gasteiger partial charge in [-0.2, -0.15) is 4.98 Å². The van der Waals surface area contributed by atoms with Gasteiger partial charge in [-0.1, -0.05) is 27.5 Å². The maximum absolute atomic E-state index is 5.92. The fourth-order valence-electron chi connectivity index (χ4n) is 1.66. The van der Waals surface area contributed by atoms with Gasteiger partial charge in [0.2, 0.25) is 5.75 Å². The zero-order valence-electron chi connectivity index (χ0n) is 10.7. The molecule has 1 aromatic carbocycles. The molecule has 0 spiro atoms. The van der Waals surface area contributed by atoms with Gasteiger partial charge in [-0.15, -0.1) is 0 Å². The number of hydrogen-bond donors (Lipinski definition) is 0. The number of benzene rings is 1. The third kappa shape index (κ3) is 2.98. The molecule has 2 rings (SSSR count). The van der Waals surface area contributed by atoms with Crippen LogP contribution in [0.1, 0.15) is 11.1 Å². The highest BCUT2D eigenvalue weighted by Crippen LogP contribution is 2.35. The summed E-state index contributed by atoms with van der Waals surface area (Å²) in [7, 11) is 1.50. The van der Waals surface area contributed by atoms with Gasteiger partial charge in [0, 0.05) is 4.47 Å². The van der Waals surface area contributed by atoms with E-state index in [1.165, 1.54) is 13.4 Å². The first-order valence-electron chi connectivity index (χ1n) is 5.52. The van der Waals surface area contributed by atoms with Crippen LogP contribution in [0.5, 0.6) is 17.4 Å². The zero-order valence-corrected chi connectivity index (χ0v) is 13.0. The number of methoxy groups -OCH3 is 1. The molecule has 1 heterocycles. The number of aromatic nitrogens is 2. The fraction of sp³-hybridized carbons (Fsp3) is 0.231. The van der Waals surface area contributed by atoms with E-state index in [0.717, 1.165) is 15.6 Å². The average molecular weight is 344 g/mol. The molecule has 100 valence electrons. The molecule has 6 heteroatoms. The summed E-state index contributed by atoms with van der Waals surface area (Å²) in [6.07, 6.45) is 1.33. The second-order valence-corrected chi connectivity index (χ2v) is 5.13. The van der Waals surface area contributed by atoms with Crippen LogP contribution in [0.2, 0.25) is 5.15 Å². The van der Waals surface area contributed by atoms with Crippen LogP contribution in [0.3, 0.4) is 0 Å². The van der Waals surface area contributed by atoms with Crippen molar-refractivity contribution in [2.75, 3.05) is 7.11 Å². The van der Waals surface area contributed by atoms with Gasteiger partial charge in [0.1, 0.15) is 12.1 Å². The normalized spacial score (nSPS) is 10.4. The minimum absolute atomic E-state index is 0.220. The Morgan fingerprint density at radius 1 is 1.16 bits per heavy atom. The van der Waals surface area contributed by atoms with E-state index in [9.17, 15) is 0 Å². The van der Waals surface area contributed by atoms with Gasteiger partial charge in [-0.25, -0.2) is 4.98 Å². The minimum Gasteiger partial charge on any atom is -0.489 e. The van der Waals surface area contributed by atoms with Gasteiger partial charge in [-0.05, 0) is 37.1 Å². The summed E-state index contributed by atoms with van der Waals surface area (Å²) in [5, 5.41) is 0.220. The Morgan fingerprint density at radius 3 is 2.37 bits per heavy atom. The van der Waals surface area contributed by atoms with Crippen LogP contribution < -0.4 is 9.47 Å². The van der Waals surface area contributed by atoms with Crippen LogP contribution in [0.15, 0.2) is 22.9 Å². The largest absolute Gasteiger partial charge is 0.489 e. The lowest BCUT2D eigenvalue weighted by molar-refractivity contribution is 0.367. The Labute approximate surface area is 124 Å². The SMILES string of the molecule is COc1c(Cl)ncnc1Oc1cc(C)c(Br)c(C)c1. The lowest BCUT2D eigenvalue weighted by Gasteiger charge is -2.11. The van der Waals surface area contributed by atoms with Gasteiger partial charge in [0.15, 0.2) is 5.15 Å². The summed E-state index contributed by atoms with van der Waals surface area (Å²) in [5.74, 6) is 1.29. The number of hydrogen-bond acceptors (Lipinski definition) is 4. The quantitative estimate of drug-likeness (QED) is 0.779. The number of nitrogens with zero attached hydrogens (tertiary/aromatic N) is 2. The Morgan fingerprint density at radius 2 is 1.79 bits per heavy atom. The average Bonchev–Trinajstić information content (AvgIpc) is 2.36. The van der Waals surface area contributed by atoms with Crippen molar-refractivity contribution in [1.82, 2.24) is 9.97 Å². The van der Waals surface area contributed by atoms with Gasteiger partial charge in [0.05, 0.1) is 7.11 Å². The first-order valence-corrected chi connectivity index (χ1v) is 6.69. The zero-order chi connectivity index (χ0) is 14.0. The fourth-order valence-corrected chi connectivity index (χ4v) is 2.09. The van der Waals surface area contributed by atoms with E-state index in [1.807, 2.05) is 26.0 Å². The number of aryl methyl sites for hydroxylation is 2.